The summed E-state index contributed by atoms with van der Waals surface area (Å²) in [6.07, 6.45) is 3.22. The van der Waals surface area contributed by atoms with E-state index in [4.69, 9.17) is 5.11 Å². The molecule has 0 aliphatic carbocycles. The maximum atomic E-state index is 10.5. The molecule has 0 bridgehead atoms. The van der Waals surface area contributed by atoms with E-state index in [0.29, 0.717) is 5.82 Å². The van der Waals surface area contributed by atoms with Crippen molar-refractivity contribution in [1.29, 1.82) is 0 Å². The molecule has 0 radical (unpaired) electrons. The van der Waals surface area contributed by atoms with Crippen molar-refractivity contribution in [1.82, 2.24) is 14.3 Å². The number of pyridine rings is 1. The first-order chi connectivity index (χ1) is 6.77. The van der Waals surface area contributed by atoms with E-state index >= 15 is 0 Å². The van der Waals surface area contributed by atoms with Crippen molar-refractivity contribution in [3.63, 3.8) is 0 Å². The van der Waals surface area contributed by atoms with Crippen LogP contribution in [0.1, 0.15) is 9.80 Å². The summed E-state index contributed by atoms with van der Waals surface area (Å²) < 4.78 is 3.93. The number of rotatable bonds is 2. The summed E-state index contributed by atoms with van der Waals surface area (Å²) >= 11 is 0.871. The Morgan fingerprint density at radius 2 is 2.07 bits per heavy atom. The summed E-state index contributed by atoms with van der Waals surface area (Å²) in [4.78, 5) is 18.2. The van der Waals surface area contributed by atoms with Crippen LogP contribution < -0.4 is 0 Å². The molecule has 0 unspecified atom stereocenters. The number of hydrogen-bond acceptors (Lipinski definition) is 5. The number of carboxylic acid groups (broad SMARTS) is 1. The number of hydrogen-bond donors (Lipinski definition) is 1. The topological polar surface area (TPSA) is 76.0 Å². The first kappa shape index (κ1) is 8.76. The van der Waals surface area contributed by atoms with Crippen LogP contribution in [0.3, 0.4) is 0 Å². The van der Waals surface area contributed by atoms with Crippen molar-refractivity contribution < 1.29 is 9.90 Å². The fourth-order valence-corrected chi connectivity index (χ4v) is 1.45. The lowest BCUT2D eigenvalue weighted by atomic mass is 10.2. The Kier molecular flexibility index (Phi) is 2.19. The van der Waals surface area contributed by atoms with Crippen LogP contribution in [0.2, 0.25) is 0 Å². The molecule has 2 heterocycles. The highest BCUT2D eigenvalue weighted by Crippen LogP contribution is 2.16. The highest BCUT2D eigenvalue weighted by atomic mass is 32.1. The Morgan fingerprint density at radius 3 is 2.64 bits per heavy atom. The highest BCUT2D eigenvalue weighted by molar-refractivity contribution is 7.07. The first-order valence-electron chi connectivity index (χ1n) is 3.75. The summed E-state index contributed by atoms with van der Waals surface area (Å²) in [5, 5.41) is 8.64. The molecule has 0 fully saturated rings. The molecule has 2 aromatic rings. The zero-order chi connectivity index (χ0) is 9.97. The van der Waals surface area contributed by atoms with Crippen LogP contribution >= 0.6 is 11.5 Å². The second kappa shape index (κ2) is 3.51. The molecule has 0 saturated heterocycles. The molecule has 0 amide bonds. The lowest BCUT2D eigenvalue weighted by Crippen LogP contribution is -1.94. The van der Waals surface area contributed by atoms with Crippen molar-refractivity contribution in [2.24, 2.45) is 0 Å². The molecule has 0 saturated carbocycles. The zero-order valence-corrected chi connectivity index (χ0v) is 7.73. The predicted octanol–water partition coefficient (Wildman–Crippen LogP) is 1.30. The molecule has 0 atom stereocenters. The van der Waals surface area contributed by atoms with Gasteiger partial charge in [-0.2, -0.15) is 4.37 Å². The third-order valence-corrected chi connectivity index (χ3v) is 2.25. The molecule has 1 N–H and O–H groups in total. The molecule has 0 spiro atoms. The number of nitrogens with zero attached hydrogens (tertiary/aromatic N) is 3. The van der Waals surface area contributed by atoms with Crippen LogP contribution in [0, 0.1) is 0 Å². The quantitative estimate of drug-likeness (QED) is 0.803. The minimum absolute atomic E-state index is 0.00295. The lowest BCUT2D eigenvalue weighted by molar-refractivity contribution is 0.0696. The van der Waals surface area contributed by atoms with Crippen molar-refractivity contribution >= 4 is 17.5 Å². The average Bonchev–Trinajstić information content (AvgIpc) is 2.68. The van der Waals surface area contributed by atoms with Gasteiger partial charge in [-0.05, 0) is 23.7 Å². The van der Waals surface area contributed by atoms with E-state index in [1.54, 1.807) is 24.5 Å². The number of carbonyl (C=O) groups is 1. The van der Waals surface area contributed by atoms with E-state index in [-0.39, 0.29) is 5.01 Å². The minimum Gasteiger partial charge on any atom is -0.476 e. The third-order valence-electron chi connectivity index (χ3n) is 1.55. The van der Waals surface area contributed by atoms with Gasteiger partial charge >= 0.3 is 5.97 Å². The molecule has 0 aliphatic rings. The van der Waals surface area contributed by atoms with Crippen LogP contribution in [0.15, 0.2) is 24.5 Å². The summed E-state index contributed by atoms with van der Waals surface area (Å²) in [7, 11) is 0. The van der Waals surface area contributed by atoms with Gasteiger partial charge in [-0.25, -0.2) is 9.78 Å². The van der Waals surface area contributed by atoms with Crippen LogP contribution in [-0.4, -0.2) is 25.4 Å². The van der Waals surface area contributed by atoms with Crippen molar-refractivity contribution in [2.75, 3.05) is 0 Å². The van der Waals surface area contributed by atoms with Gasteiger partial charge in [0.25, 0.3) is 0 Å². The van der Waals surface area contributed by atoms with E-state index in [2.05, 4.69) is 14.3 Å². The molecule has 0 aliphatic heterocycles. The smallest absolute Gasteiger partial charge is 0.366 e. The largest absolute Gasteiger partial charge is 0.476 e. The third kappa shape index (κ3) is 1.60. The Hall–Kier alpha value is -1.82. The summed E-state index contributed by atoms with van der Waals surface area (Å²) in [5.74, 6) is -0.627. The fourth-order valence-electron chi connectivity index (χ4n) is 0.929. The summed E-state index contributed by atoms with van der Waals surface area (Å²) in [6.45, 7) is 0. The molecular weight excluding hydrogens is 202 g/mol. The Balaban J connectivity index is 2.39. The van der Waals surface area contributed by atoms with Gasteiger partial charge in [-0.1, -0.05) is 0 Å². The Morgan fingerprint density at radius 1 is 1.36 bits per heavy atom. The zero-order valence-electron chi connectivity index (χ0n) is 6.91. The second-order valence-electron chi connectivity index (χ2n) is 2.46. The van der Waals surface area contributed by atoms with Gasteiger partial charge in [0.1, 0.15) is 0 Å². The first-order valence-corrected chi connectivity index (χ1v) is 4.52. The standard InChI is InChI=1S/C8H5N3O2S/c12-8(13)7-10-6(11-14-7)5-1-3-9-4-2-5/h1-4H,(H,12,13). The molecular formula is C8H5N3O2S. The van der Waals surface area contributed by atoms with E-state index < -0.39 is 5.97 Å². The van der Waals surface area contributed by atoms with E-state index in [1.807, 2.05) is 0 Å². The van der Waals surface area contributed by atoms with Gasteiger partial charge in [0.2, 0.25) is 5.01 Å². The molecule has 2 aromatic heterocycles. The van der Waals surface area contributed by atoms with Gasteiger partial charge in [-0.3, -0.25) is 4.98 Å². The normalized spacial score (nSPS) is 10.0. The fraction of sp³-hybridized carbons (Fsp3) is 0. The van der Waals surface area contributed by atoms with Gasteiger partial charge in [0, 0.05) is 18.0 Å². The monoisotopic (exact) mass is 207 g/mol. The Bertz CT molecular complexity index is 455. The van der Waals surface area contributed by atoms with Crippen LogP contribution in [0.5, 0.6) is 0 Å². The van der Waals surface area contributed by atoms with Crippen LogP contribution in [0.4, 0.5) is 0 Å². The molecule has 14 heavy (non-hydrogen) atoms. The van der Waals surface area contributed by atoms with Gasteiger partial charge < -0.3 is 5.11 Å². The molecule has 70 valence electrons. The number of carboxylic acids is 1. The van der Waals surface area contributed by atoms with Crippen molar-refractivity contribution in [3.05, 3.63) is 29.5 Å². The molecule has 5 nitrogen and oxygen atoms in total. The van der Waals surface area contributed by atoms with Crippen LogP contribution in [0.25, 0.3) is 11.4 Å². The number of aromatic carboxylic acids is 1. The Labute approximate surface area is 83.2 Å². The second-order valence-corrected chi connectivity index (χ2v) is 3.22. The van der Waals surface area contributed by atoms with Gasteiger partial charge in [0.15, 0.2) is 5.82 Å². The predicted molar refractivity (Wildman–Crippen MR) is 50.1 cm³/mol. The average molecular weight is 207 g/mol. The van der Waals surface area contributed by atoms with Crippen molar-refractivity contribution in [3.8, 4) is 11.4 Å². The van der Waals surface area contributed by atoms with Gasteiger partial charge in [-0.15, -0.1) is 0 Å². The van der Waals surface area contributed by atoms with Crippen LogP contribution in [-0.2, 0) is 0 Å². The SMILES string of the molecule is O=C(O)c1nc(-c2ccncc2)ns1. The maximum Gasteiger partial charge on any atom is 0.366 e. The molecule has 6 heteroatoms. The van der Waals surface area contributed by atoms with E-state index in [1.165, 1.54) is 0 Å². The molecule has 0 aromatic carbocycles. The van der Waals surface area contributed by atoms with E-state index in [9.17, 15) is 4.79 Å². The molecule has 2 rings (SSSR count). The summed E-state index contributed by atoms with van der Waals surface area (Å²) in [6, 6.07) is 3.46. The van der Waals surface area contributed by atoms with Gasteiger partial charge in [0.05, 0.1) is 0 Å². The van der Waals surface area contributed by atoms with E-state index in [0.717, 1.165) is 17.1 Å². The maximum absolute atomic E-state index is 10.5. The lowest BCUT2D eigenvalue weighted by Gasteiger charge is -1.90. The number of aromatic nitrogens is 3. The summed E-state index contributed by atoms with van der Waals surface area (Å²) in [5.41, 5.74) is 0.767. The van der Waals surface area contributed by atoms with Crippen molar-refractivity contribution in [2.45, 2.75) is 0 Å². The minimum atomic E-state index is -1.05. The highest BCUT2D eigenvalue weighted by Gasteiger charge is 2.11.